The van der Waals surface area contributed by atoms with Gasteiger partial charge in [-0.15, -0.1) is 11.3 Å². The molecule has 1 aliphatic carbocycles. The summed E-state index contributed by atoms with van der Waals surface area (Å²) in [6.07, 6.45) is 5.69. The lowest BCUT2D eigenvalue weighted by Crippen LogP contribution is -2.33. The SMILES string of the molecule is C[Si](C)(O)Cc1cc(C(=O)CCC2CCC3(CC2)COc2ccc(CN)cc23)cc(-c2nc(-c3cccs3)no2)c1. The Kier molecular flexibility index (Phi) is 7.71. The number of rotatable bonds is 9. The standard InChI is InChI=1S/C32H37N3O4SSi/c1-41(2,37)19-23-14-24(17-25(15-23)31-34-30(35-39-31)29-4-3-13-40-29)27(36)7-5-21-9-11-32(12-10-21)20-38-28-8-6-22(18-33)16-26(28)32/h3-4,6,8,13-17,21,37H,5,7,9-12,18-20,33H2,1-2H3. The fraction of sp³-hybridized carbons (Fsp3) is 0.406. The predicted octanol–water partition coefficient (Wildman–Crippen LogP) is 6.69. The van der Waals surface area contributed by atoms with Crippen molar-refractivity contribution in [1.29, 1.82) is 0 Å². The van der Waals surface area contributed by atoms with Gasteiger partial charge in [0.1, 0.15) is 5.75 Å². The maximum absolute atomic E-state index is 13.5. The molecular formula is C32H37N3O4SSi. The van der Waals surface area contributed by atoms with Gasteiger partial charge in [0.2, 0.25) is 5.82 Å². The largest absolute Gasteiger partial charge is 0.492 e. The summed E-state index contributed by atoms with van der Waals surface area (Å²) in [6, 6.07) is 16.6. The third-order valence-electron chi connectivity index (χ3n) is 8.56. The summed E-state index contributed by atoms with van der Waals surface area (Å²) in [7, 11) is -2.40. The van der Waals surface area contributed by atoms with Gasteiger partial charge >= 0.3 is 0 Å². The second-order valence-corrected chi connectivity index (χ2v) is 17.2. The fourth-order valence-corrected chi connectivity index (χ4v) is 8.23. The maximum Gasteiger partial charge on any atom is 0.258 e. The van der Waals surface area contributed by atoms with Gasteiger partial charge < -0.3 is 19.8 Å². The third-order valence-corrected chi connectivity index (χ3v) is 10.7. The van der Waals surface area contributed by atoms with Crippen LogP contribution in [0, 0.1) is 5.92 Å². The number of hydrogen-bond donors (Lipinski definition) is 2. The van der Waals surface area contributed by atoms with Crippen LogP contribution in [0.3, 0.4) is 0 Å². The first-order chi connectivity index (χ1) is 19.7. The number of benzene rings is 2. The minimum absolute atomic E-state index is 0.0806. The van der Waals surface area contributed by atoms with Crippen LogP contribution in [0.1, 0.15) is 65.6 Å². The summed E-state index contributed by atoms with van der Waals surface area (Å²) in [5, 5.41) is 6.12. The normalized spacial score (nSPS) is 20.2. The van der Waals surface area contributed by atoms with Crippen molar-refractivity contribution in [2.45, 2.75) is 69.6 Å². The van der Waals surface area contributed by atoms with Crippen molar-refractivity contribution >= 4 is 25.4 Å². The van der Waals surface area contributed by atoms with E-state index in [1.54, 1.807) is 11.3 Å². The van der Waals surface area contributed by atoms with Gasteiger partial charge in [0.05, 0.1) is 11.5 Å². The lowest BCUT2D eigenvalue weighted by molar-refractivity contribution is 0.0963. The molecule has 0 bridgehead atoms. The predicted molar refractivity (Wildman–Crippen MR) is 163 cm³/mol. The zero-order valence-electron chi connectivity index (χ0n) is 23.7. The first-order valence-corrected chi connectivity index (χ1v) is 18.5. The van der Waals surface area contributed by atoms with Gasteiger partial charge in [0.15, 0.2) is 14.1 Å². The minimum atomic E-state index is -2.40. The van der Waals surface area contributed by atoms with Crippen LogP contribution in [0.25, 0.3) is 22.2 Å². The number of carbonyl (C=O) groups excluding carboxylic acids is 1. The number of ether oxygens (including phenoxy) is 1. The second-order valence-electron chi connectivity index (χ2n) is 12.3. The Morgan fingerprint density at radius 3 is 2.71 bits per heavy atom. The number of nitrogens with two attached hydrogens (primary N) is 1. The molecule has 0 saturated heterocycles. The van der Waals surface area contributed by atoms with E-state index in [0.717, 1.165) is 66.0 Å². The number of ketones is 1. The quantitative estimate of drug-likeness (QED) is 0.166. The van der Waals surface area contributed by atoms with Crippen LogP contribution in [0.15, 0.2) is 58.4 Å². The van der Waals surface area contributed by atoms with E-state index in [0.29, 0.717) is 42.2 Å². The van der Waals surface area contributed by atoms with Crippen molar-refractivity contribution < 1.29 is 18.9 Å². The van der Waals surface area contributed by atoms with Crippen LogP contribution in [-0.2, 0) is 18.0 Å². The summed E-state index contributed by atoms with van der Waals surface area (Å²) < 4.78 is 11.7. The van der Waals surface area contributed by atoms with Crippen molar-refractivity contribution in [3.05, 3.63) is 76.2 Å². The van der Waals surface area contributed by atoms with E-state index >= 15 is 0 Å². The van der Waals surface area contributed by atoms with Crippen molar-refractivity contribution in [1.82, 2.24) is 10.1 Å². The molecule has 1 fully saturated rings. The van der Waals surface area contributed by atoms with Crippen LogP contribution in [0.4, 0.5) is 0 Å². The number of aromatic nitrogens is 2. The molecule has 2 aromatic carbocycles. The van der Waals surface area contributed by atoms with Gasteiger partial charge in [-0.05, 0) is 104 Å². The van der Waals surface area contributed by atoms with E-state index in [-0.39, 0.29) is 11.2 Å². The highest BCUT2D eigenvalue weighted by Crippen LogP contribution is 2.50. The van der Waals surface area contributed by atoms with Crippen molar-refractivity contribution in [2.24, 2.45) is 11.7 Å². The molecule has 4 aromatic rings. The smallest absolute Gasteiger partial charge is 0.258 e. The molecular weight excluding hydrogens is 551 g/mol. The number of thiophene rings is 1. The van der Waals surface area contributed by atoms with Crippen LogP contribution < -0.4 is 10.5 Å². The summed E-state index contributed by atoms with van der Waals surface area (Å²) in [5.41, 5.74) is 10.7. The number of carbonyl (C=O) groups is 1. The molecule has 2 aliphatic rings. The molecule has 1 saturated carbocycles. The Balaban J connectivity index is 1.15. The van der Waals surface area contributed by atoms with Crippen LogP contribution >= 0.6 is 11.3 Å². The Hall–Kier alpha value is -3.11. The molecule has 2 aromatic heterocycles. The van der Waals surface area contributed by atoms with Gasteiger partial charge in [0.25, 0.3) is 5.89 Å². The average molecular weight is 588 g/mol. The maximum atomic E-state index is 13.5. The van der Waals surface area contributed by atoms with E-state index in [1.165, 1.54) is 5.56 Å². The molecule has 7 nitrogen and oxygen atoms in total. The third kappa shape index (κ3) is 6.09. The monoisotopic (exact) mass is 587 g/mol. The number of hydrogen-bond acceptors (Lipinski definition) is 8. The first-order valence-electron chi connectivity index (χ1n) is 14.5. The topological polar surface area (TPSA) is 111 Å². The highest BCUT2D eigenvalue weighted by Gasteiger charge is 2.43. The summed E-state index contributed by atoms with van der Waals surface area (Å²) in [4.78, 5) is 29.7. The summed E-state index contributed by atoms with van der Waals surface area (Å²) in [6.45, 7) is 5.09. The minimum Gasteiger partial charge on any atom is -0.492 e. The molecule has 1 spiro atoms. The van der Waals surface area contributed by atoms with Gasteiger partial charge in [-0.3, -0.25) is 4.79 Å². The molecule has 3 N–H and O–H groups in total. The summed E-state index contributed by atoms with van der Waals surface area (Å²) in [5.74, 6) is 2.56. The average Bonchev–Trinajstić information content (AvgIpc) is 3.72. The fourth-order valence-electron chi connectivity index (χ4n) is 6.37. The first kappa shape index (κ1) is 28.0. The van der Waals surface area contributed by atoms with Gasteiger partial charge in [-0.1, -0.05) is 23.4 Å². The molecule has 1 aliphatic heterocycles. The van der Waals surface area contributed by atoms with Crippen LogP contribution in [0.2, 0.25) is 13.1 Å². The van der Waals surface area contributed by atoms with E-state index < -0.39 is 8.32 Å². The Morgan fingerprint density at radius 1 is 1.15 bits per heavy atom. The molecule has 9 heteroatoms. The molecule has 0 amide bonds. The molecule has 6 rings (SSSR count). The number of fused-ring (bicyclic) bond motifs is 2. The highest BCUT2D eigenvalue weighted by molar-refractivity contribution is 7.13. The van der Waals surface area contributed by atoms with Crippen molar-refractivity contribution in [3.63, 3.8) is 0 Å². The number of Topliss-reactive ketones (excluding diaryl/α,β-unsaturated/α-hetero) is 1. The number of nitrogens with zero attached hydrogens (tertiary/aromatic N) is 2. The molecule has 41 heavy (non-hydrogen) atoms. The van der Waals surface area contributed by atoms with Gasteiger partial charge in [0, 0.05) is 35.1 Å². The zero-order chi connectivity index (χ0) is 28.6. The van der Waals surface area contributed by atoms with Crippen molar-refractivity contribution in [2.75, 3.05) is 6.61 Å². The molecule has 0 atom stereocenters. The molecule has 0 unspecified atom stereocenters. The summed E-state index contributed by atoms with van der Waals surface area (Å²) >= 11 is 1.55. The van der Waals surface area contributed by atoms with E-state index in [9.17, 15) is 9.59 Å². The zero-order valence-corrected chi connectivity index (χ0v) is 25.5. The van der Waals surface area contributed by atoms with E-state index in [1.807, 2.05) is 48.8 Å². The second kappa shape index (κ2) is 11.3. The van der Waals surface area contributed by atoms with Crippen LogP contribution in [0.5, 0.6) is 5.75 Å². The Labute approximate surface area is 245 Å². The molecule has 3 heterocycles. The highest BCUT2D eigenvalue weighted by atomic mass is 32.1. The van der Waals surface area contributed by atoms with Crippen LogP contribution in [-0.4, -0.2) is 35.6 Å². The molecule has 214 valence electrons. The Morgan fingerprint density at radius 2 is 1.98 bits per heavy atom. The molecule has 0 radical (unpaired) electrons. The lowest BCUT2D eigenvalue weighted by Gasteiger charge is -2.36. The van der Waals surface area contributed by atoms with Crippen molar-refractivity contribution in [3.8, 4) is 27.9 Å². The van der Waals surface area contributed by atoms with Gasteiger partial charge in [-0.2, -0.15) is 4.98 Å². The lowest BCUT2D eigenvalue weighted by atomic mass is 9.67. The van der Waals surface area contributed by atoms with E-state index in [4.69, 9.17) is 15.0 Å². The van der Waals surface area contributed by atoms with E-state index in [2.05, 4.69) is 28.3 Å². The Bertz CT molecular complexity index is 1530. The van der Waals surface area contributed by atoms with Gasteiger partial charge in [-0.25, -0.2) is 0 Å².